The molecule has 136 valence electrons. The molecule has 4 amide bonds. The number of carbonyl (C=O) groups excluding carboxylic acids is 3. The van der Waals surface area contributed by atoms with E-state index in [1.54, 1.807) is 19.3 Å². The van der Waals surface area contributed by atoms with Gasteiger partial charge in [0.2, 0.25) is 5.91 Å². The van der Waals surface area contributed by atoms with E-state index in [9.17, 15) is 14.4 Å². The number of allylic oxidation sites excluding steroid dienone is 1. The Morgan fingerprint density at radius 2 is 1.92 bits per heavy atom. The predicted molar refractivity (Wildman–Crippen MR) is 99.0 cm³/mol. The van der Waals surface area contributed by atoms with Gasteiger partial charge in [0.15, 0.2) is 5.92 Å². The van der Waals surface area contributed by atoms with Gasteiger partial charge < -0.3 is 4.90 Å². The Kier molecular flexibility index (Phi) is 5.82. The number of aliphatic imine (C=N–C) groups is 1. The Morgan fingerprint density at radius 3 is 2.48 bits per heavy atom. The zero-order chi connectivity index (χ0) is 18.9. The summed E-state index contributed by atoms with van der Waals surface area (Å²) in [6, 6.07) is -0.173. The molecule has 0 fully saturated rings. The molecule has 7 nitrogen and oxygen atoms in total. The molecule has 2 aliphatic rings. The van der Waals surface area contributed by atoms with E-state index in [0.717, 1.165) is 9.81 Å². The van der Waals surface area contributed by atoms with Crippen LogP contribution in [0.25, 0.3) is 0 Å². The molecule has 0 spiro atoms. The number of nitrogens with zero attached hydrogens (tertiary/aromatic N) is 4. The van der Waals surface area contributed by atoms with Crippen LogP contribution in [0.15, 0.2) is 16.0 Å². The molecule has 2 heterocycles. The van der Waals surface area contributed by atoms with Gasteiger partial charge in [-0.2, -0.15) is 9.48 Å². The minimum atomic E-state index is -0.623. The Balaban J connectivity index is 2.20. The lowest BCUT2D eigenvalue weighted by molar-refractivity contribution is -0.407. The van der Waals surface area contributed by atoms with Crippen molar-refractivity contribution in [3.63, 3.8) is 0 Å². The van der Waals surface area contributed by atoms with Crippen molar-refractivity contribution in [3.8, 4) is 0 Å². The Labute approximate surface area is 152 Å². The van der Waals surface area contributed by atoms with E-state index in [1.165, 1.54) is 23.4 Å². The van der Waals surface area contributed by atoms with E-state index in [2.05, 4.69) is 4.99 Å². The number of rotatable bonds is 5. The van der Waals surface area contributed by atoms with Gasteiger partial charge in [-0.05, 0) is 33.8 Å². The Hall–Kier alpha value is -1.96. The zero-order valence-electron chi connectivity index (χ0n) is 15.5. The summed E-state index contributed by atoms with van der Waals surface area (Å²) in [6.45, 7) is 7.95. The molecule has 0 aromatic carbocycles. The summed E-state index contributed by atoms with van der Waals surface area (Å²) < 4.78 is 1.38. The van der Waals surface area contributed by atoms with E-state index in [0.29, 0.717) is 5.84 Å². The molecule has 0 N–H and O–H groups in total. The minimum absolute atomic E-state index is 0.0287. The van der Waals surface area contributed by atoms with Crippen LogP contribution in [0.3, 0.4) is 0 Å². The van der Waals surface area contributed by atoms with E-state index < -0.39 is 11.9 Å². The first-order valence-electron chi connectivity index (χ1n) is 8.27. The van der Waals surface area contributed by atoms with Gasteiger partial charge in [0.05, 0.1) is 19.8 Å². The molecular formula is C17H25N4O3S+. The lowest BCUT2D eigenvalue weighted by atomic mass is 10.0. The first-order chi connectivity index (χ1) is 11.7. The number of amides is 4. The van der Waals surface area contributed by atoms with Gasteiger partial charge in [-0.1, -0.05) is 0 Å². The van der Waals surface area contributed by atoms with Gasteiger partial charge in [0.25, 0.3) is 5.84 Å². The summed E-state index contributed by atoms with van der Waals surface area (Å²) >= 11 is 1.34. The van der Waals surface area contributed by atoms with Crippen LogP contribution in [0.1, 0.15) is 27.7 Å². The number of amidine groups is 1. The average Bonchev–Trinajstić information content (AvgIpc) is 2.55. The second-order valence-corrected chi connectivity index (χ2v) is 7.70. The van der Waals surface area contributed by atoms with Gasteiger partial charge in [-0.25, -0.2) is 4.79 Å². The fraction of sp³-hybridized carbons (Fsp3) is 0.588. The first kappa shape index (κ1) is 19.4. The molecule has 0 radical (unpaired) electrons. The highest BCUT2D eigenvalue weighted by atomic mass is 32.2. The number of thioether (sulfide) groups is 1. The summed E-state index contributed by atoms with van der Waals surface area (Å²) in [6.07, 6.45) is 3.32. The number of imide groups is 1. The second kappa shape index (κ2) is 7.51. The van der Waals surface area contributed by atoms with Crippen molar-refractivity contribution in [2.24, 2.45) is 10.9 Å². The molecule has 0 aliphatic carbocycles. The number of hydrogen-bond acceptors (Lipinski definition) is 5. The van der Waals surface area contributed by atoms with E-state index >= 15 is 0 Å². The van der Waals surface area contributed by atoms with E-state index in [-0.39, 0.29) is 29.7 Å². The maximum atomic E-state index is 12.6. The molecule has 2 rings (SSSR count). The lowest BCUT2D eigenvalue weighted by Gasteiger charge is -2.31. The molecular weight excluding hydrogens is 340 g/mol. The van der Waals surface area contributed by atoms with Gasteiger partial charge >= 0.3 is 11.9 Å². The third-order valence-electron chi connectivity index (χ3n) is 4.25. The van der Waals surface area contributed by atoms with Crippen molar-refractivity contribution < 1.29 is 19.0 Å². The summed E-state index contributed by atoms with van der Waals surface area (Å²) in [5.41, 5.74) is 0. The number of fused-ring (bicyclic) bond motifs is 1. The largest absolute Gasteiger partial charge is 0.445 e. The number of carbonyl (C=O) groups is 3. The third-order valence-corrected chi connectivity index (χ3v) is 5.34. The molecule has 2 aliphatic heterocycles. The number of urea groups is 1. The van der Waals surface area contributed by atoms with Crippen LogP contribution < -0.4 is 0 Å². The quantitative estimate of drug-likeness (QED) is 0.694. The SMILES string of the molecule is CC(C)N(C(=O)CSC1=CC=NC2=[N+](C)C(=O)N(C)C(=O)C12)C(C)C. The monoisotopic (exact) mass is 365 g/mol. The van der Waals surface area contributed by atoms with Crippen LogP contribution in [0.4, 0.5) is 4.79 Å². The molecule has 0 aromatic heterocycles. The second-order valence-electron chi connectivity index (χ2n) is 6.65. The molecule has 25 heavy (non-hydrogen) atoms. The van der Waals surface area contributed by atoms with Crippen LogP contribution in [0.5, 0.6) is 0 Å². The average molecular weight is 365 g/mol. The van der Waals surface area contributed by atoms with Gasteiger partial charge in [0.1, 0.15) is 6.21 Å². The molecule has 0 bridgehead atoms. The molecule has 1 unspecified atom stereocenters. The van der Waals surface area contributed by atoms with Gasteiger partial charge in [-0.15, -0.1) is 16.8 Å². The van der Waals surface area contributed by atoms with Crippen molar-refractivity contribution in [2.45, 2.75) is 39.8 Å². The van der Waals surface area contributed by atoms with Crippen molar-refractivity contribution >= 4 is 41.7 Å². The van der Waals surface area contributed by atoms with Crippen LogP contribution >= 0.6 is 11.8 Å². The lowest BCUT2D eigenvalue weighted by Crippen LogP contribution is -2.52. The summed E-state index contributed by atoms with van der Waals surface area (Å²) in [5, 5.41) is 0. The fourth-order valence-electron chi connectivity index (χ4n) is 3.13. The molecule has 1 atom stereocenters. The normalized spacial score (nSPS) is 20.4. The molecule has 0 saturated carbocycles. The Bertz CT molecular complexity index is 686. The van der Waals surface area contributed by atoms with Crippen molar-refractivity contribution in [1.82, 2.24) is 9.80 Å². The summed E-state index contributed by atoms with van der Waals surface area (Å²) in [4.78, 5) is 45.0. The van der Waals surface area contributed by atoms with Gasteiger partial charge in [-0.3, -0.25) is 9.59 Å². The summed E-state index contributed by atoms with van der Waals surface area (Å²) in [7, 11) is 3.06. The summed E-state index contributed by atoms with van der Waals surface area (Å²) in [5.74, 6) is -0.252. The number of hydrogen-bond donors (Lipinski definition) is 0. The molecule has 8 heteroatoms. The van der Waals surface area contributed by atoms with Crippen LogP contribution in [0.2, 0.25) is 0 Å². The Morgan fingerprint density at radius 1 is 1.32 bits per heavy atom. The standard InChI is InChI=1S/C17H25N4O3S/c1-10(2)21(11(3)4)13(22)9-25-12-7-8-18-15-14(12)16(23)20(6)17(24)19(15)5/h7-8,10-11,14H,9H2,1-6H3/q+1. The maximum Gasteiger partial charge on any atom is 0.445 e. The van der Waals surface area contributed by atoms with Crippen LogP contribution in [0, 0.1) is 5.92 Å². The van der Waals surface area contributed by atoms with E-state index in [1.807, 2.05) is 32.6 Å². The minimum Gasteiger partial charge on any atom is -0.337 e. The maximum absolute atomic E-state index is 12.6. The third kappa shape index (κ3) is 3.68. The van der Waals surface area contributed by atoms with Crippen LogP contribution in [-0.2, 0) is 9.59 Å². The molecule has 0 aromatic rings. The smallest absolute Gasteiger partial charge is 0.337 e. The highest BCUT2D eigenvalue weighted by Gasteiger charge is 2.47. The zero-order valence-corrected chi connectivity index (χ0v) is 16.3. The van der Waals surface area contributed by atoms with Gasteiger partial charge in [0, 0.05) is 17.0 Å². The highest BCUT2D eigenvalue weighted by molar-refractivity contribution is 8.03. The van der Waals surface area contributed by atoms with Crippen molar-refractivity contribution in [1.29, 1.82) is 0 Å². The van der Waals surface area contributed by atoms with E-state index in [4.69, 9.17) is 0 Å². The van der Waals surface area contributed by atoms with Crippen LogP contribution in [-0.4, -0.2) is 76.2 Å². The molecule has 0 saturated heterocycles. The highest BCUT2D eigenvalue weighted by Crippen LogP contribution is 2.31. The van der Waals surface area contributed by atoms with Crippen molar-refractivity contribution in [3.05, 3.63) is 11.0 Å². The topological polar surface area (TPSA) is 73.1 Å². The van der Waals surface area contributed by atoms with Crippen molar-refractivity contribution in [2.75, 3.05) is 19.8 Å². The fourth-order valence-corrected chi connectivity index (χ4v) is 4.10. The first-order valence-corrected chi connectivity index (χ1v) is 9.25. The predicted octanol–water partition coefficient (Wildman–Crippen LogP) is 1.58. The number of dihydropyridines is 1.